The summed E-state index contributed by atoms with van der Waals surface area (Å²) in [4.78, 5) is 2.35. The first kappa shape index (κ1) is 10.2. The van der Waals surface area contributed by atoms with Crippen molar-refractivity contribution < 1.29 is 5.11 Å². The first-order chi connectivity index (χ1) is 5.86. The van der Waals surface area contributed by atoms with Crippen molar-refractivity contribution in [3.8, 4) is 5.75 Å². The van der Waals surface area contributed by atoms with Crippen LogP contribution in [0.4, 0.5) is 5.69 Å². The number of nitrogens with zero attached hydrogens (tertiary/aromatic N) is 1. The zero-order valence-corrected chi connectivity index (χ0v) is 8.26. The Bertz CT molecular complexity index is 254. The van der Waals surface area contributed by atoms with Gasteiger partial charge in [-0.1, -0.05) is 0 Å². The number of hydrogen-bond acceptors (Lipinski definition) is 2. The molecular formula is C10H14ClNO. The minimum atomic E-state index is 0. The summed E-state index contributed by atoms with van der Waals surface area (Å²) in [7, 11) is 0. The van der Waals surface area contributed by atoms with Gasteiger partial charge in [-0.25, -0.2) is 0 Å². The van der Waals surface area contributed by atoms with Crippen LogP contribution in [0.15, 0.2) is 24.3 Å². The van der Waals surface area contributed by atoms with Crippen molar-refractivity contribution in [1.29, 1.82) is 0 Å². The van der Waals surface area contributed by atoms with E-state index in [4.69, 9.17) is 5.11 Å². The average Bonchev–Trinajstić information content (AvgIpc) is 2.58. The second-order valence-corrected chi connectivity index (χ2v) is 3.21. The third-order valence-corrected chi connectivity index (χ3v) is 2.32. The van der Waals surface area contributed by atoms with Crippen LogP contribution in [-0.4, -0.2) is 18.2 Å². The van der Waals surface area contributed by atoms with Gasteiger partial charge in [0.15, 0.2) is 0 Å². The molecule has 72 valence electrons. The quantitative estimate of drug-likeness (QED) is 0.751. The van der Waals surface area contributed by atoms with E-state index in [2.05, 4.69) is 4.90 Å². The molecule has 1 N–H and O–H groups in total. The number of rotatable bonds is 1. The molecule has 1 fully saturated rings. The van der Waals surface area contributed by atoms with Crippen LogP contribution in [0.25, 0.3) is 0 Å². The molecule has 1 saturated heterocycles. The van der Waals surface area contributed by atoms with Gasteiger partial charge in [-0.15, -0.1) is 12.4 Å². The number of aromatic hydroxyl groups is 1. The van der Waals surface area contributed by atoms with Crippen LogP contribution in [0.5, 0.6) is 5.75 Å². The molecule has 1 aromatic rings. The zero-order chi connectivity index (χ0) is 8.39. The molecule has 0 aliphatic carbocycles. The van der Waals surface area contributed by atoms with Crippen LogP contribution in [0.2, 0.25) is 0 Å². The van der Waals surface area contributed by atoms with Crippen LogP contribution < -0.4 is 4.90 Å². The van der Waals surface area contributed by atoms with Gasteiger partial charge < -0.3 is 10.0 Å². The second-order valence-electron chi connectivity index (χ2n) is 3.21. The number of halogens is 1. The number of anilines is 1. The maximum absolute atomic E-state index is 9.08. The van der Waals surface area contributed by atoms with E-state index in [1.807, 2.05) is 12.1 Å². The molecule has 1 aliphatic rings. The Kier molecular flexibility index (Phi) is 3.43. The summed E-state index contributed by atoms with van der Waals surface area (Å²) in [5.74, 6) is 0.345. The number of hydrogen-bond donors (Lipinski definition) is 1. The molecule has 0 saturated carbocycles. The molecule has 0 unspecified atom stereocenters. The maximum Gasteiger partial charge on any atom is 0.115 e. The van der Waals surface area contributed by atoms with Crippen LogP contribution >= 0.6 is 12.4 Å². The molecule has 1 aromatic carbocycles. The zero-order valence-electron chi connectivity index (χ0n) is 7.44. The van der Waals surface area contributed by atoms with E-state index in [-0.39, 0.29) is 12.4 Å². The van der Waals surface area contributed by atoms with Crippen molar-refractivity contribution >= 4 is 18.1 Å². The molecule has 0 spiro atoms. The number of phenolic OH excluding ortho intramolecular Hbond substituents is 1. The molecule has 3 heteroatoms. The van der Waals surface area contributed by atoms with E-state index < -0.39 is 0 Å². The summed E-state index contributed by atoms with van der Waals surface area (Å²) in [6.07, 6.45) is 2.59. The molecule has 0 amide bonds. The summed E-state index contributed by atoms with van der Waals surface area (Å²) >= 11 is 0. The predicted molar refractivity (Wildman–Crippen MR) is 56.8 cm³/mol. The van der Waals surface area contributed by atoms with E-state index in [1.54, 1.807) is 12.1 Å². The van der Waals surface area contributed by atoms with E-state index in [1.165, 1.54) is 18.5 Å². The third kappa shape index (κ3) is 2.28. The van der Waals surface area contributed by atoms with Gasteiger partial charge in [-0.2, -0.15) is 0 Å². The summed E-state index contributed by atoms with van der Waals surface area (Å²) in [5.41, 5.74) is 1.23. The molecule has 0 radical (unpaired) electrons. The summed E-state index contributed by atoms with van der Waals surface area (Å²) in [6.45, 7) is 2.32. The predicted octanol–water partition coefficient (Wildman–Crippen LogP) is 2.41. The fraction of sp³-hybridized carbons (Fsp3) is 0.400. The largest absolute Gasteiger partial charge is 0.508 e. The first-order valence-corrected chi connectivity index (χ1v) is 4.40. The molecule has 0 aromatic heterocycles. The highest BCUT2D eigenvalue weighted by atomic mass is 35.5. The number of benzene rings is 1. The fourth-order valence-corrected chi connectivity index (χ4v) is 1.64. The topological polar surface area (TPSA) is 23.5 Å². The molecule has 1 heterocycles. The Hall–Kier alpha value is -0.890. The first-order valence-electron chi connectivity index (χ1n) is 4.40. The Balaban J connectivity index is 0.000000845. The van der Waals surface area contributed by atoms with Crippen LogP contribution in [0, 0.1) is 0 Å². The Morgan fingerprint density at radius 2 is 1.54 bits per heavy atom. The van der Waals surface area contributed by atoms with Gasteiger partial charge in [0, 0.05) is 18.8 Å². The lowest BCUT2D eigenvalue weighted by Crippen LogP contribution is -2.17. The van der Waals surface area contributed by atoms with E-state index in [0.717, 1.165) is 13.1 Å². The Morgan fingerprint density at radius 3 is 2.08 bits per heavy atom. The van der Waals surface area contributed by atoms with Crippen LogP contribution in [-0.2, 0) is 0 Å². The van der Waals surface area contributed by atoms with E-state index in [9.17, 15) is 0 Å². The highest BCUT2D eigenvalue weighted by molar-refractivity contribution is 5.85. The standard InChI is InChI=1S/C10H13NO.ClH/c12-10-5-3-9(4-6-10)11-7-1-2-8-11;/h3-6,12H,1-2,7-8H2;1H. The SMILES string of the molecule is Cl.Oc1ccc(N2CCCC2)cc1. The molecule has 2 rings (SSSR count). The van der Waals surface area contributed by atoms with E-state index in [0.29, 0.717) is 5.75 Å². The van der Waals surface area contributed by atoms with Crippen LogP contribution in [0.1, 0.15) is 12.8 Å². The number of phenols is 1. The van der Waals surface area contributed by atoms with Crippen molar-refractivity contribution in [2.45, 2.75) is 12.8 Å². The minimum absolute atomic E-state index is 0. The second kappa shape index (κ2) is 4.38. The van der Waals surface area contributed by atoms with Gasteiger partial charge in [-0.05, 0) is 37.1 Å². The lowest BCUT2D eigenvalue weighted by atomic mass is 10.3. The molecule has 1 aliphatic heterocycles. The summed E-state index contributed by atoms with van der Waals surface area (Å²) < 4.78 is 0. The average molecular weight is 200 g/mol. The summed E-state index contributed by atoms with van der Waals surface area (Å²) in [6, 6.07) is 7.43. The van der Waals surface area contributed by atoms with Gasteiger partial charge in [0.25, 0.3) is 0 Å². The molecule has 2 nitrogen and oxygen atoms in total. The monoisotopic (exact) mass is 199 g/mol. The van der Waals surface area contributed by atoms with E-state index >= 15 is 0 Å². The van der Waals surface area contributed by atoms with Crippen molar-refractivity contribution in [3.63, 3.8) is 0 Å². The van der Waals surface area contributed by atoms with Crippen molar-refractivity contribution in [2.24, 2.45) is 0 Å². The normalized spacial score (nSPS) is 15.5. The molecule has 0 bridgehead atoms. The highest BCUT2D eigenvalue weighted by Gasteiger charge is 2.11. The maximum atomic E-state index is 9.08. The van der Waals surface area contributed by atoms with Crippen LogP contribution in [0.3, 0.4) is 0 Å². The van der Waals surface area contributed by atoms with Crippen molar-refractivity contribution in [2.75, 3.05) is 18.0 Å². The Labute approximate surface area is 84.6 Å². The summed E-state index contributed by atoms with van der Waals surface area (Å²) in [5, 5.41) is 9.08. The lowest BCUT2D eigenvalue weighted by molar-refractivity contribution is 0.475. The van der Waals surface area contributed by atoms with Crippen molar-refractivity contribution in [1.82, 2.24) is 0 Å². The Morgan fingerprint density at radius 1 is 1.00 bits per heavy atom. The molecular weight excluding hydrogens is 186 g/mol. The minimum Gasteiger partial charge on any atom is -0.508 e. The van der Waals surface area contributed by atoms with Gasteiger partial charge in [0.05, 0.1) is 0 Å². The van der Waals surface area contributed by atoms with Crippen molar-refractivity contribution in [3.05, 3.63) is 24.3 Å². The van der Waals surface area contributed by atoms with Gasteiger partial charge >= 0.3 is 0 Å². The van der Waals surface area contributed by atoms with Gasteiger partial charge in [-0.3, -0.25) is 0 Å². The molecule has 13 heavy (non-hydrogen) atoms. The van der Waals surface area contributed by atoms with Gasteiger partial charge in [0.2, 0.25) is 0 Å². The fourth-order valence-electron chi connectivity index (χ4n) is 1.64. The smallest absolute Gasteiger partial charge is 0.115 e. The third-order valence-electron chi connectivity index (χ3n) is 2.32. The molecule has 0 atom stereocenters. The lowest BCUT2D eigenvalue weighted by Gasteiger charge is -2.16. The van der Waals surface area contributed by atoms with Gasteiger partial charge in [0.1, 0.15) is 5.75 Å². The highest BCUT2D eigenvalue weighted by Crippen LogP contribution is 2.21.